The molecule has 33 heavy (non-hydrogen) atoms. The number of ether oxygens (including phenoxy) is 1. The third kappa shape index (κ3) is 6.28. The Balaban J connectivity index is 1.64. The SMILES string of the molecule is CCC(CC(=O)O)NC(=O)[C@H](CCSC)NC(=O)OCC1c2ccccc2-c2ccccc21. The van der Waals surface area contributed by atoms with Crippen molar-refractivity contribution in [3.8, 4) is 11.1 Å². The van der Waals surface area contributed by atoms with E-state index in [2.05, 4.69) is 22.8 Å². The van der Waals surface area contributed by atoms with E-state index in [1.165, 1.54) is 0 Å². The normalized spacial score (nSPS) is 14.0. The average molecular weight is 471 g/mol. The van der Waals surface area contributed by atoms with Crippen LogP contribution in [-0.2, 0) is 14.3 Å². The molecule has 2 aromatic rings. The Morgan fingerprint density at radius 2 is 1.64 bits per heavy atom. The van der Waals surface area contributed by atoms with Gasteiger partial charge in [-0.3, -0.25) is 9.59 Å². The fraction of sp³-hybridized carbons (Fsp3) is 0.400. The van der Waals surface area contributed by atoms with Crippen LogP contribution in [0.2, 0.25) is 0 Å². The van der Waals surface area contributed by atoms with Crippen LogP contribution in [0.4, 0.5) is 4.79 Å². The molecule has 0 aliphatic heterocycles. The van der Waals surface area contributed by atoms with Gasteiger partial charge in [0.25, 0.3) is 0 Å². The summed E-state index contributed by atoms with van der Waals surface area (Å²) in [5.41, 5.74) is 4.51. The molecule has 1 unspecified atom stereocenters. The standard InChI is InChI=1S/C25H30N2O5S/c1-3-16(14-23(28)29)26-24(30)22(12-13-33-2)27-25(31)32-15-21-19-10-6-4-8-17(19)18-9-5-7-11-20(18)21/h4-11,16,21-22H,3,12-15H2,1-2H3,(H,26,30)(H,27,31)(H,28,29)/t16?,22-/m0/s1. The Morgan fingerprint density at radius 3 is 2.18 bits per heavy atom. The van der Waals surface area contributed by atoms with Gasteiger partial charge in [-0.15, -0.1) is 0 Å². The number of carbonyl (C=O) groups is 3. The number of fused-ring (bicyclic) bond motifs is 3. The minimum absolute atomic E-state index is 0.0679. The number of amides is 2. The molecule has 1 aliphatic rings. The maximum atomic E-state index is 12.7. The highest BCUT2D eigenvalue weighted by atomic mass is 32.2. The predicted molar refractivity (Wildman–Crippen MR) is 129 cm³/mol. The molecule has 2 amide bonds. The summed E-state index contributed by atoms with van der Waals surface area (Å²) in [6.45, 7) is 1.97. The molecule has 1 aliphatic carbocycles. The van der Waals surface area contributed by atoms with Gasteiger partial charge in [0.05, 0.1) is 6.42 Å². The smallest absolute Gasteiger partial charge is 0.407 e. The van der Waals surface area contributed by atoms with Crippen LogP contribution in [-0.4, -0.2) is 53.8 Å². The first-order valence-electron chi connectivity index (χ1n) is 11.1. The molecule has 0 saturated carbocycles. The van der Waals surface area contributed by atoms with E-state index in [4.69, 9.17) is 9.84 Å². The quantitative estimate of drug-likeness (QED) is 0.458. The van der Waals surface area contributed by atoms with Crippen molar-refractivity contribution in [3.63, 3.8) is 0 Å². The molecule has 8 heteroatoms. The molecule has 176 valence electrons. The van der Waals surface area contributed by atoms with E-state index in [9.17, 15) is 14.4 Å². The summed E-state index contributed by atoms with van der Waals surface area (Å²) < 4.78 is 5.57. The van der Waals surface area contributed by atoms with Gasteiger partial charge < -0.3 is 20.5 Å². The van der Waals surface area contributed by atoms with E-state index in [1.807, 2.05) is 49.6 Å². The summed E-state index contributed by atoms with van der Waals surface area (Å²) in [6.07, 6.45) is 1.99. The number of benzene rings is 2. The number of carboxylic acid groups (broad SMARTS) is 1. The number of rotatable bonds is 11. The number of nitrogens with one attached hydrogen (secondary N) is 2. The van der Waals surface area contributed by atoms with Crippen LogP contribution in [0, 0.1) is 0 Å². The van der Waals surface area contributed by atoms with Crippen molar-refractivity contribution in [1.82, 2.24) is 10.6 Å². The van der Waals surface area contributed by atoms with Gasteiger partial charge in [0.1, 0.15) is 12.6 Å². The second kappa shape index (κ2) is 11.7. The lowest BCUT2D eigenvalue weighted by molar-refractivity contribution is -0.137. The Hall–Kier alpha value is -3.00. The zero-order chi connectivity index (χ0) is 23.8. The lowest BCUT2D eigenvalue weighted by atomic mass is 9.98. The van der Waals surface area contributed by atoms with Crippen molar-refractivity contribution in [2.24, 2.45) is 0 Å². The first kappa shape index (κ1) is 24.6. The van der Waals surface area contributed by atoms with Crippen molar-refractivity contribution in [1.29, 1.82) is 0 Å². The van der Waals surface area contributed by atoms with Gasteiger partial charge in [-0.25, -0.2) is 4.79 Å². The van der Waals surface area contributed by atoms with E-state index in [0.29, 0.717) is 18.6 Å². The molecular formula is C25H30N2O5S. The maximum absolute atomic E-state index is 12.7. The molecule has 0 bridgehead atoms. The zero-order valence-electron chi connectivity index (χ0n) is 18.9. The fourth-order valence-corrected chi connectivity index (χ4v) is 4.57. The second-order valence-electron chi connectivity index (χ2n) is 8.02. The predicted octanol–water partition coefficient (Wildman–Crippen LogP) is 4.02. The number of carboxylic acids is 1. The lowest BCUT2D eigenvalue weighted by Gasteiger charge is -2.22. The van der Waals surface area contributed by atoms with E-state index in [0.717, 1.165) is 22.3 Å². The molecular weight excluding hydrogens is 440 g/mol. The summed E-state index contributed by atoms with van der Waals surface area (Å²) in [4.78, 5) is 36.4. The minimum Gasteiger partial charge on any atom is -0.481 e. The highest BCUT2D eigenvalue weighted by Crippen LogP contribution is 2.44. The Morgan fingerprint density at radius 1 is 1.03 bits per heavy atom. The summed E-state index contributed by atoms with van der Waals surface area (Å²) in [6, 6.07) is 14.9. The maximum Gasteiger partial charge on any atom is 0.407 e. The summed E-state index contributed by atoms with van der Waals surface area (Å²) in [5.74, 6) is -0.781. The Kier molecular flexibility index (Phi) is 8.77. The zero-order valence-corrected chi connectivity index (χ0v) is 19.7. The van der Waals surface area contributed by atoms with Crippen LogP contribution in [0.25, 0.3) is 11.1 Å². The molecule has 2 aromatic carbocycles. The van der Waals surface area contributed by atoms with Gasteiger partial charge in [-0.1, -0.05) is 55.5 Å². The van der Waals surface area contributed by atoms with Crippen molar-refractivity contribution in [2.45, 2.75) is 44.2 Å². The summed E-state index contributed by atoms with van der Waals surface area (Å²) >= 11 is 1.56. The molecule has 3 rings (SSSR count). The van der Waals surface area contributed by atoms with E-state index < -0.39 is 30.1 Å². The van der Waals surface area contributed by atoms with Crippen LogP contribution < -0.4 is 10.6 Å². The average Bonchev–Trinajstić information content (AvgIpc) is 3.13. The molecule has 7 nitrogen and oxygen atoms in total. The first-order valence-corrected chi connectivity index (χ1v) is 12.5. The van der Waals surface area contributed by atoms with Gasteiger partial charge >= 0.3 is 12.1 Å². The van der Waals surface area contributed by atoms with Gasteiger partial charge in [0.15, 0.2) is 0 Å². The molecule has 0 aromatic heterocycles. The van der Waals surface area contributed by atoms with E-state index >= 15 is 0 Å². The molecule has 3 N–H and O–H groups in total. The highest BCUT2D eigenvalue weighted by Gasteiger charge is 2.30. The fourth-order valence-electron chi connectivity index (χ4n) is 4.10. The summed E-state index contributed by atoms with van der Waals surface area (Å²) in [7, 11) is 0. The van der Waals surface area contributed by atoms with Crippen molar-refractivity contribution in [3.05, 3.63) is 59.7 Å². The molecule has 0 heterocycles. The van der Waals surface area contributed by atoms with Crippen LogP contribution in [0.15, 0.2) is 48.5 Å². The number of thioether (sulfide) groups is 1. The van der Waals surface area contributed by atoms with E-state index in [1.54, 1.807) is 11.8 Å². The third-order valence-corrected chi connectivity index (χ3v) is 6.47. The summed E-state index contributed by atoms with van der Waals surface area (Å²) in [5, 5.41) is 14.4. The van der Waals surface area contributed by atoms with Crippen LogP contribution in [0.3, 0.4) is 0 Å². The Labute approximate surface area is 198 Å². The number of carbonyl (C=O) groups excluding carboxylic acids is 2. The highest BCUT2D eigenvalue weighted by molar-refractivity contribution is 7.98. The van der Waals surface area contributed by atoms with Crippen LogP contribution in [0.1, 0.15) is 43.2 Å². The van der Waals surface area contributed by atoms with Gasteiger partial charge in [0.2, 0.25) is 5.91 Å². The van der Waals surface area contributed by atoms with Crippen molar-refractivity contribution < 1.29 is 24.2 Å². The Bertz CT molecular complexity index is 951. The molecule has 2 atom stereocenters. The monoisotopic (exact) mass is 470 g/mol. The number of hydrogen-bond acceptors (Lipinski definition) is 5. The van der Waals surface area contributed by atoms with Crippen LogP contribution in [0.5, 0.6) is 0 Å². The van der Waals surface area contributed by atoms with Gasteiger partial charge in [-0.05, 0) is 47.1 Å². The van der Waals surface area contributed by atoms with Crippen molar-refractivity contribution >= 4 is 29.7 Å². The number of aliphatic carboxylic acids is 1. The lowest BCUT2D eigenvalue weighted by Crippen LogP contribution is -2.50. The van der Waals surface area contributed by atoms with E-state index in [-0.39, 0.29) is 18.9 Å². The molecule has 0 saturated heterocycles. The molecule has 0 fully saturated rings. The molecule has 0 spiro atoms. The van der Waals surface area contributed by atoms with Gasteiger partial charge in [0, 0.05) is 12.0 Å². The minimum atomic E-state index is -0.979. The first-order chi connectivity index (χ1) is 15.9. The third-order valence-electron chi connectivity index (χ3n) is 5.82. The largest absolute Gasteiger partial charge is 0.481 e. The number of hydrogen-bond donors (Lipinski definition) is 3. The van der Waals surface area contributed by atoms with Crippen molar-refractivity contribution in [2.75, 3.05) is 18.6 Å². The topological polar surface area (TPSA) is 105 Å². The molecule has 0 radical (unpaired) electrons. The van der Waals surface area contributed by atoms with Crippen LogP contribution >= 0.6 is 11.8 Å². The van der Waals surface area contributed by atoms with Gasteiger partial charge in [-0.2, -0.15) is 11.8 Å². The second-order valence-corrected chi connectivity index (χ2v) is 9.00. The number of alkyl carbamates (subject to hydrolysis) is 1.